The number of carbonyl (C=O) groups excluding carboxylic acids is 1. The molecular weight excluding hydrogens is 454 g/mol. The summed E-state index contributed by atoms with van der Waals surface area (Å²) in [6, 6.07) is 25.8. The van der Waals surface area contributed by atoms with E-state index in [0.717, 1.165) is 42.0 Å². The van der Waals surface area contributed by atoms with Crippen molar-refractivity contribution < 1.29 is 9.53 Å². The number of carbonyl (C=O) groups is 1. The standard InChI is InChI=1S/C34H44NO2/c1-3-4-5-6-7-8-9-10-11-17-26-35-34(36)30-24-22-29(23-25-30)27-28(2)32-20-15-16-21-33(32)37-31-18-13-12-14-19-31/h12-16,18-25,28H,2-11,17,26-27H2,1H3,(H,35,36). The second kappa shape index (κ2) is 16.6. The minimum atomic E-state index is 0.00949. The Bertz CT molecular complexity index is 1030. The topological polar surface area (TPSA) is 38.3 Å². The van der Waals surface area contributed by atoms with Crippen LogP contribution in [0.15, 0.2) is 78.9 Å². The van der Waals surface area contributed by atoms with Crippen LogP contribution in [0.4, 0.5) is 0 Å². The molecule has 0 saturated carbocycles. The van der Waals surface area contributed by atoms with Crippen molar-refractivity contribution in [2.75, 3.05) is 6.54 Å². The van der Waals surface area contributed by atoms with Crippen LogP contribution in [-0.4, -0.2) is 12.5 Å². The first-order valence-corrected chi connectivity index (χ1v) is 14.2. The summed E-state index contributed by atoms with van der Waals surface area (Å²) in [6.45, 7) is 7.40. The van der Waals surface area contributed by atoms with E-state index < -0.39 is 0 Å². The van der Waals surface area contributed by atoms with Gasteiger partial charge in [0, 0.05) is 12.1 Å². The predicted molar refractivity (Wildman–Crippen MR) is 155 cm³/mol. The maximum Gasteiger partial charge on any atom is 0.251 e. The van der Waals surface area contributed by atoms with Crippen molar-refractivity contribution in [2.24, 2.45) is 0 Å². The monoisotopic (exact) mass is 498 g/mol. The van der Waals surface area contributed by atoms with Crippen molar-refractivity contribution in [3.05, 3.63) is 102 Å². The Kier molecular flexibility index (Phi) is 12.8. The van der Waals surface area contributed by atoms with E-state index >= 15 is 0 Å². The van der Waals surface area contributed by atoms with E-state index in [2.05, 4.69) is 25.2 Å². The third-order valence-corrected chi connectivity index (χ3v) is 6.84. The highest BCUT2D eigenvalue weighted by molar-refractivity contribution is 5.94. The van der Waals surface area contributed by atoms with Gasteiger partial charge in [0.15, 0.2) is 0 Å². The first kappa shape index (κ1) is 28.5. The molecule has 0 aliphatic carbocycles. The highest BCUT2D eigenvalue weighted by Gasteiger charge is 2.14. The van der Waals surface area contributed by atoms with Crippen LogP contribution in [0.2, 0.25) is 0 Å². The van der Waals surface area contributed by atoms with Gasteiger partial charge in [0.2, 0.25) is 0 Å². The van der Waals surface area contributed by atoms with Crippen LogP contribution in [-0.2, 0) is 6.42 Å². The van der Waals surface area contributed by atoms with Gasteiger partial charge >= 0.3 is 0 Å². The maximum atomic E-state index is 12.5. The first-order chi connectivity index (χ1) is 18.2. The van der Waals surface area contributed by atoms with E-state index in [-0.39, 0.29) is 11.8 Å². The van der Waals surface area contributed by atoms with Crippen LogP contribution in [0.5, 0.6) is 11.5 Å². The van der Waals surface area contributed by atoms with Crippen molar-refractivity contribution in [3.8, 4) is 11.5 Å². The van der Waals surface area contributed by atoms with Gasteiger partial charge in [0.25, 0.3) is 5.91 Å². The molecule has 0 aliphatic heterocycles. The van der Waals surface area contributed by atoms with Gasteiger partial charge in [-0.2, -0.15) is 0 Å². The molecule has 0 heterocycles. The van der Waals surface area contributed by atoms with Crippen LogP contribution < -0.4 is 10.1 Å². The Morgan fingerprint density at radius 3 is 2.03 bits per heavy atom. The Morgan fingerprint density at radius 1 is 0.757 bits per heavy atom. The van der Waals surface area contributed by atoms with Gasteiger partial charge in [-0.1, -0.05) is 113 Å². The molecule has 1 unspecified atom stereocenters. The summed E-state index contributed by atoms with van der Waals surface area (Å²) < 4.78 is 6.12. The summed E-state index contributed by atoms with van der Waals surface area (Å²) >= 11 is 0. The summed E-state index contributed by atoms with van der Waals surface area (Å²) in [6.07, 6.45) is 13.8. The average molecular weight is 499 g/mol. The minimum Gasteiger partial charge on any atom is -0.457 e. The molecule has 0 aliphatic rings. The molecule has 1 N–H and O–H groups in total. The zero-order chi connectivity index (χ0) is 26.1. The largest absolute Gasteiger partial charge is 0.457 e. The molecule has 3 aromatic rings. The quantitative estimate of drug-likeness (QED) is 0.188. The van der Waals surface area contributed by atoms with E-state index in [1.165, 1.54) is 57.8 Å². The Labute approximate surface area is 224 Å². The second-order valence-electron chi connectivity index (χ2n) is 9.99. The third kappa shape index (κ3) is 10.4. The van der Waals surface area contributed by atoms with Gasteiger partial charge in [-0.15, -0.1) is 0 Å². The molecule has 3 rings (SSSR count). The fourth-order valence-corrected chi connectivity index (χ4v) is 4.63. The number of unbranched alkanes of at least 4 members (excludes halogenated alkanes) is 9. The maximum absolute atomic E-state index is 12.5. The van der Waals surface area contributed by atoms with E-state index in [4.69, 9.17) is 4.74 Å². The molecule has 0 aromatic heterocycles. The summed E-state index contributed by atoms with van der Waals surface area (Å²) in [5, 5.41) is 3.07. The van der Waals surface area contributed by atoms with Crippen molar-refractivity contribution in [2.45, 2.75) is 83.5 Å². The van der Waals surface area contributed by atoms with Crippen molar-refractivity contribution >= 4 is 5.91 Å². The SMILES string of the molecule is [CH2]C(Cc1ccc(C(=O)NCCCCCCCCCCCC)cc1)c1ccccc1Oc1ccccc1. The molecule has 3 nitrogen and oxygen atoms in total. The number of nitrogens with one attached hydrogen (secondary N) is 1. The van der Waals surface area contributed by atoms with Gasteiger partial charge in [-0.25, -0.2) is 0 Å². The van der Waals surface area contributed by atoms with E-state index in [1.807, 2.05) is 72.8 Å². The van der Waals surface area contributed by atoms with E-state index in [0.29, 0.717) is 5.56 Å². The molecule has 3 aromatic carbocycles. The molecule has 3 heteroatoms. The van der Waals surface area contributed by atoms with Crippen molar-refractivity contribution in [1.82, 2.24) is 5.32 Å². The lowest BCUT2D eigenvalue weighted by Crippen LogP contribution is -2.24. The number of ether oxygens (including phenoxy) is 1. The zero-order valence-corrected chi connectivity index (χ0v) is 22.6. The lowest BCUT2D eigenvalue weighted by atomic mass is 9.92. The number of benzene rings is 3. The zero-order valence-electron chi connectivity index (χ0n) is 22.6. The van der Waals surface area contributed by atoms with Gasteiger partial charge in [-0.05, 0) is 67.1 Å². The van der Waals surface area contributed by atoms with Crippen LogP contribution in [0.3, 0.4) is 0 Å². The molecule has 197 valence electrons. The Hall–Kier alpha value is -3.07. The Morgan fingerprint density at radius 2 is 1.35 bits per heavy atom. The molecule has 37 heavy (non-hydrogen) atoms. The molecule has 0 fully saturated rings. The van der Waals surface area contributed by atoms with Crippen molar-refractivity contribution in [1.29, 1.82) is 0 Å². The van der Waals surface area contributed by atoms with Crippen LogP contribution >= 0.6 is 0 Å². The fraction of sp³-hybridized carbons (Fsp3) is 0.412. The molecule has 1 radical (unpaired) electrons. The minimum absolute atomic E-state index is 0.00949. The van der Waals surface area contributed by atoms with Gasteiger partial charge in [-0.3, -0.25) is 4.79 Å². The number of rotatable bonds is 17. The molecule has 0 spiro atoms. The lowest BCUT2D eigenvalue weighted by molar-refractivity contribution is 0.0953. The fourth-order valence-electron chi connectivity index (χ4n) is 4.63. The molecule has 1 amide bonds. The van der Waals surface area contributed by atoms with E-state index in [1.54, 1.807) is 0 Å². The summed E-state index contributed by atoms with van der Waals surface area (Å²) in [5.41, 5.74) is 2.94. The van der Waals surface area contributed by atoms with E-state index in [9.17, 15) is 4.79 Å². The average Bonchev–Trinajstić information content (AvgIpc) is 2.93. The van der Waals surface area contributed by atoms with Gasteiger partial charge < -0.3 is 10.1 Å². The van der Waals surface area contributed by atoms with Gasteiger partial charge in [0.05, 0.1) is 0 Å². The van der Waals surface area contributed by atoms with Crippen LogP contribution in [0.1, 0.15) is 98.5 Å². The molecular formula is C34H44NO2. The van der Waals surface area contributed by atoms with Gasteiger partial charge in [0.1, 0.15) is 11.5 Å². The highest BCUT2D eigenvalue weighted by atomic mass is 16.5. The lowest BCUT2D eigenvalue weighted by Gasteiger charge is -2.17. The summed E-state index contributed by atoms with van der Waals surface area (Å²) in [7, 11) is 0. The molecule has 1 atom stereocenters. The number of hydrogen-bond acceptors (Lipinski definition) is 2. The number of para-hydroxylation sites is 2. The first-order valence-electron chi connectivity index (χ1n) is 14.2. The smallest absolute Gasteiger partial charge is 0.251 e. The van der Waals surface area contributed by atoms with Crippen LogP contribution in [0.25, 0.3) is 0 Å². The van der Waals surface area contributed by atoms with Crippen LogP contribution in [0, 0.1) is 6.92 Å². The molecule has 0 saturated heterocycles. The number of amides is 1. The normalized spacial score (nSPS) is 11.7. The number of hydrogen-bond donors (Lipinski definition) is 1. The second-order valence-corrected chi connectivity index (χ2v) is 9.99. The summed E-state index contributed by atoms with van der Waals surface area (Å²) in [4.78, 5) is 12.5. The Balaban J connectivity index is 1.38. The third-order valence-electron chi connectivity index (χ3n) is 6.84. The van der Waals surface area contributed by atoms with Crippen molar-refractivity contribution in [3.63, 3.8) is 0 Å². The molecule has 0 bridgehead atoms. The highest BCUT2D eigenvalue weighted by Crippen LogP contribution is 2.32. The summed E-state index contributed by atoms with van der Waals surface area (Å²) in [5.74, 6) is 1.69. The predicted octanol–water partition coefficient (Wildman–Crippen LogP) is 9.29.